The van der Waals surface area contributed by atoms with Crippen LogP contribution in [0.4, 0.5) is 5.69 Å². The SMILES string of the molecule is C=CCN(C(=O)C1N([C@@H](CO)[C@@H](C)CC)C(=O)[C@@H]2[C@H](C(=O)O)[C@]3(C)CCC12O3)c1ccc(OC)cc1. The summed E-state index contributed by atoms with van der Waals surface area (Å²) in [5.74, 6) is -3.47. The normalized spacial score (nSPS) is 32.2. The average Bonchev–Trinajstić information content (AvgIpc) is 3.43. The van der Waals surface area contributed by atoms with Crippen molar-refractivity contribution in [1.29, 1.82) is 0 Å². The average molecular weight is 501 g/mol. The zero-order chi connectivity index (χ0) is 26.4. The van der Waals surface area contributed by atoms with E-state index in [1.165, 1.54) is 9.80 Å². The Balaban J connectivity index is 1.85. The number of hydrogen-bond acceptors (Lipinski definition) is 6. The summed E-state index contributed by atoms with van der Waals surface area (Å²) < 4.78 is 11.7. The van der Waals surface area contributed by atoms with Crippen LogP contribution in [0.25, 0.3) is 0 Å². The smallest absolute Gasteiger partial charge is 0.310 e. The van der Waals surface area contributed by atoms with Crippen molar-refractivity contribution in [3.63, 3.8) is 0 Å². The summed E-state index contributed by atoms with van der Waals surface area (Å²) in [4.78, 5) is 43.8. The number of fused-ring (bicyclic) bond motifs is 1. The molecule has 2 N–H and O–H groups in total. The fraction of sp³-hybridized carbons (Fsp3) is 0.593. The highest BCUT2D eigenvalue weighted by atomic mass is 16.5. The van der Waals surface area contributed by atoms with Gasteiger partial charge in [-0.3, -0.25) is 14.4 Å². The molecule has 1 aromatic rings. The summed E-state index contributed by atoms with van der Waals surface area (Å²) in [6.07, 6.45) is 3.09. The van der Waals surface area contributed by atoms with Gasteiger partial charge in [0.1, 0.15) is 17.4 Å². The minimum Gasteiger partial charge on any atom is -0.497 e. The summed E-state index contributed by atoms with van der Waals surface area (Å²) in [5.41, 5.74) is -1.73. The number of anilines is 1. The van der Waals surface area contributed by atoms with Gasteiger partial charge in [0, 0.05) is 12.2 Å². The Hall–Kier alpha value is -2.91. The lowest BCUT2D eigenvalue weighted by Crippen LogP contribution is -2.60. The highest BCUT2D eigenvalue weighted by molar-refractivity contribution is 6.05. The second kappa shape index (κ2) is 9.52. The molecule has 2 unspecified atom stereocenters. The Morgan fingerprint density at radius 1 is 1.33 bits per heavy atom. The first kappa shape index (κ1) is 26.2. The van der Waals surface area contributed by atoms with Gasteiger partial charge >= 0.3 is 5.97 Å². The zero-order valence-corrected chi connectivity index (χ0v) is 21.3. The van der Waals surface area contributed by atoms with Gasteiger partial charge in [0.05, 0.1) is 37.2 Å². The first-order valence-electron chi connectivity index (χ1n) is 12.5. The first-order valence-corrected chi connectivity index (χ1v) is 12.5. The maximum absolute atomic E-state index is 14.4. The Morgan fingerprint density at radius 2 is 2.00 bits per heavy atom. The van der Waals surface area contributed by atoms with E-state index in [1.54, 1.807) is 44.4 Å². The lowest BCUT2D eigenvalue weighted by molar-refractivity contribution is -0.156. The second-order valence-electron chi connectivity index (χ2n) is 10.4. The molecule has 3 saturated heterocycles. The molecule has 3 fully saturated rings. The predicted molar refractivity (Wildman–Crippen MR) is 133 cm³/mol. The van der Waals surface area contributed by atoms with E-state index in [4.69, 9.17) is 9.47 Å². The molecule has 0 saturated carbocycles. The Labute approximate surface area is 211 Å². The standard InChI is InChI=1S/C27H36N2O7/c1-6-14-28(17-8-10-18(35-5)11-9-17)24(32)22-27-13-12-26(4,36-27)21(25(33)34)20(27)23(31)29(22)19(15-30)16(3)7-2/h6,8-11,16,19-22,30H,1,7,12-15H2,2-5H3,(H,33,34)/t16-,19-,20-,21+,22?,26-,27?/m0/s1. The molecule has 3 aliphatic heterocycles. The van der Waals surface area contributed by atoms with Crippen molar-refractivity contribution >= 4 is 23.5 Å². The van der Waals surface area contributed by atoms with Gasteiger partial charge in [0.15, 0.2) is 0 Å². The van der Waals surface area contributed by atoms with Crippen molar-refractivity contribution in [2.45, 2.75) is 63.3 Å². The number of likely N-dealkylation sites (tertiary alicyclic amines) is 1. The number of aliphatic hydroxyl groups is 1. The van der Waals surface area contributed by atoms with Crippen LogP contribution >= 0.6 is 0 Å². The fourth-order valence-corrected chi connectivity index (χ4v) is 6.55. The number of aliphatic carboxylic acids is 1. The minimum atomic E-state index is -1.28. The van der Waals surface area contributed by atoms with Crippen LogP contribution in [0.1, 0.15) is 40.0 Å². The number of hydrogen-bond donors (Lipinski definition) is 2. The van der Waals surface area contributed by atoms with Crippen molar-refractivity contribution < 1.29 is 34.1 Å². The minimum absolute atomic E-state index is 0.116. The molecule has 3 aliphatic rings. The number of carboxylic acid groups (broad SMARTS) is 1. The number of benzene rings is 1. The highest BCUT2D eigenvalue weighted by Gasteiger charge is 2.79. The molecular weight excluding hydrogens is 464 g/mol. The van der Waals surface area contributed by atoms with Gasteiger partial charge < -0.3 is 29.5 Å². The summed E-state index contributed by atoms with van der Waals surface area (Å²) in [6, 6.07) is 5.27. The number of aliphatic hydroxyl groups excluding tert-OH is 1. The van der Waals surface area contributed by atoms with E-state index in [-0.39, 0.29) is 25.0 Å². The number of methoxy groups -OCH3 is 1. The third-order valence-electron chi connectivity index (χ3n) is 8.52. The van der Waals surface area contributed by atoms with Gasteiger partial charge in [0.25, 0.3) is 5.91 Å². The molecule has 1 spiro atoms. The van der Waals surface area contributed by atoms with Crippen molar-refractivity contribution in [2.24, 2.45) is 17.8 Å². The molecule has 9 heteroatoms. The van der Waals surface area contributed by atoms with Gasteiger partial charge in [-0.15, -0.1) is 6.58 Å². The van der Waals surface area contributed by atoms with E-state index in [0.29, 0.717) is 30.7 Å². The summed E-state index contributed by atoms with van der Waals surface area (Å²) in [5, 5.41) is 20.5. The fourth-order valence-electron chi connectivity index (χ4n) is 6.55. The van der Waals surface area contributed by atoms with Gasteiger partial charge in [-0.2, -0.15) is 0 Å². The molecule has 3 heterocycles. The van der Waals surface area contributed by atoms with Crippen molar-refractivity contribution in [2.75, 3.05) is 25.2 Å². The highest BCUT2D eigenvalue weighted by Crippen LogP contribution is 2.63. The molecule has 1 aromatic carbocycles. The maximum Gasteiger partial charge on any atom is 0.310 e. The molecule has 0 radical (unpaired) electrons. The maximum atomic E-state index is 14.4. The molecular formula is C27H36N2O7. The van der Waals surface area contributed by atoms with Crippen LogP contribution in [0, 0.1) is 17.8 Å². The van der Waals surface area contributed by atoms with E-state index in [9.17, 15) is 24.6 Å². The Kier molecular flexibility index (Phi) is 6.92. The molecule has 2 bridgehead atoms. The molecule has 36 heavy (non-hydrogen) atoms. The van der Waals surface area contributed by atoms with Crippen molar-refractivity contribution in [3.8, 4) is 5.75 Å². The molecule has 2 amide bonds. The summed E-state index contributed by atoms with van der Waals surface area (Å²) in [6.45, 7) is 9.24. The molecule has 0 aromatic heterocycles. The molecule has 0 aliphatic carbocycles. The van der Waals surface area contributed by atoms with E-state index in [1.807, 2.05) is 13.8 Å². The van der Waals surface area contributed by atoms with Crippen molar-refractivity contribution in [3.05, 3.63) is 36.9 Å². The third kappa shape index (κ3) is 3.71. The number of carbonyl (C=O) groups excluding carboxylic acids is 2. The van der Waals surface area contributed by atoms with E-state index >= 15 is 0 Å². The zero-order valence-electron chi connectivity index (χ0n) is 21.3. The van der Waals surface area contributed by atoms with Crippen LogP contribution in [0.5, 0.6) is 5.75 Å². The van der Waals surface area contributed by atoms with Gasteiger partial charge in [-0.1, -0.05) is 26.3 Å². The quantitative estimate of drug-likeness (QED) is 0.474. The van der Waals surface area contributed by atoms with Crippen LogP contribution in [0.2, 0.25) is 0 Å². The molecule has 196 valence electrons. The largest absolute Gasteiger partial charge is 0.497 e. The predicted octanol–water partition coefficient (Wildman–Crippen LogP) is 2.47. The number of rotatable bonds is 10. The van der Waals surface area contributed by atoms with Gasteiger partial charge in [0.2, 0.25) is 5.91 Å². The lowest BCUT2D eigenvalue weighted by Gasteiger charge is -2.41. The molecule has 9 nitrogen and oxygen atoms in total. The van der Waals surface area contributed by atoms with E-state index in [2.05, 4.69) is 6.58 Å². The van der Waals surface area contributed by atoms with Crippen LogP contribution in [-0.4, -0.2) is 76.4 Å². The summed E-state index contributed by atoms with van der Waals surface area (Å²) >= 11 is 0. The van der Waals surface area contributed by atoms with Gasteiger partial charge in [-0.25, -0.2) is 0 Å². The monoisotopic (exact) mass is 500 g/mol. The topological polar surface area (TPSA) is 117 Å². The van der Waals surface area contributed by atoms with Crippen LogP contribution in [0.15, 0.2) is 36.9 Å². The number of nitrogens with zero attached hydrogens (tertiary/aromatic N) is 2. The van der Waals surface area contributed by atoms with E-state index in [0.717, 1.165) is 0 Å². The molecule has 4 rings (SSSR count). The van der Waals surface area contributed by atoms with Crippen molar-refractivity contribution in [1.82, 2.24) is 4.90 Å². The van der Waals surface area contributed by atoms with Crippen LogP contribution in [0.3, 0.4) is 0 Å². The Bertz CT molecular complexity index is 1040. The van der Waals surface area contributed by atoms with E-state index < -0.39 is 47.0 Å². The summed E-state index contributed by atoms with van der Waals surface area (Å²) in [7, 11) is 1.56. The number of carbonyl (C=O) groups is 3. The third-order valence-corrected chi connectivity index (χ3v) is 8.52. The number of carboxylic acids is 1. The number of amides is 2. The van der Waals surface area contributed by atoms with Gasteiger partial charge in [-0.05, 0) is 49.9 Å². The molecule has 7 atom stereocenters. The number of ether oxygens (including phenoxy) is 2. The Morgan fingerprint density at radius 3 is 2.53 bits per heavy atom. The van der Waals surface area contributed by atoms with Crippen LogP contribution in [-0.2, 0) is 19.1 Å². The second-order valence-corrected chi connectivity index (χ2v) is 10.4. The first-order chi connectivity index (χ1) is 17.1. The lowest BCUT2D eigenvalue weighted by atomic mass is 9.66. The van der Waals surface area contributed by atoms with Crippen LogP contribution < -0.4 is 9.64 Å².